The molecule has 0 aliphatic rings. The molecular weight excluding hydrogens is 274 g/mol. The number of rotatable bonds is 4. The summed E-state index contributed by atoms with van der Waals surface area (Å²) in [6, 6.07) is 2.56. The Bertz CT molecular complexity index is 363. The second-order valence-electron chi connectivity index (χ2n) is 4.34. The molecule has 0 aliphatic carbocycles. The van der Waals surface area contributed by atoms with Crippen molar-refractivity contribution in [1.82, 2.24) is 0 Å². The Hall–Kier alpha value is -0.440. The molecule has 0 amide bonds. The Morgan fingerprint density at radius 3 is 2.44 bits per heavy atom. The average molecular weight is 291 g/mol. The summed E-state index contributed by atoms with van der Waals surface area (Å²) in [4.78, 5) is -0.113. The molecule has 0 aliphatic heterocycles. The van der Waals surface area contributed by atoms with Crippen LogP contribution in [0.5, 0.6) is 0 Å². The molecule has 0 radical (unpaired) electrons. The molecule has 90 valence electrons. The predicted molar refractivity (Wildman–Crippen MR) is 66.8 cm³/mol. The van der Waals surface area contributed by atoms with Crippen molar-refractivity contribution in [3.63, 3.8) is 0 Å². The number of aryl methyl sites for hydroxylation is 1. The van der Waals surface area contributed by atoms with E-state index in [2.05, 4.69) is 29.8 Å². The highest BCUT2D eigenvalue weighted by Gasteiger charge is 2.17. The van der Waals surface area contributed by atoms with Gasteiger partial charge in [0.15, 0.2) is 0 Å². The van der Waals surface area contributed by atoms with E-state index in [1.54, 1.807) is 6.92 Å². The Morgan fingerprint density at radius 2 is 1.88 bits per heavy atom. The van der Waals surface area contributed by atoms with Gasteiger partial charge < -0.3 is 0 Å². The lowest BCUT2D eigenvalue weighted by Gasteiger charge is -2.16. The smallest absolute Gasteiger partial charge is 0.128 e. The van der Waals surface area contributed by atoms with E-state index in [4.69, 9.17) is 0 Å². The van der Waals surface area contributed by atoms with Gasteiger partial charge in [0.2, 0.25) is 0 Å². The largest absolute Gasteiger partial charge is 0.207 e. The fraction of sp³-hybridized carbons (Fsp3) is 0.538. The first-order valence-electron chi connectivity index (χ1n) is 5.55. The third kappa shape index (κ3) is 3.27. The Morgan fingerprint density at radius 1 is 1.25 bits per heavy atom. The molecule has 0 nitrogen and oxygen atoms in total. The van der Waals surface area contributed by atoms with Crippen molar-refractivity contribution in [2.75, 3.05) is 0 Å². The zero-order chi connectivity index (χ0) is 12.3. The van der Waals surface area contributed by atoms with E-state index >= 15 is 0 Å². The van der Waals surface area contributed by atoms with Crippen LogP contribution in [0.3, 0.4) is 0 Å². The Balaban J connectivity index is 2.91. The molecule has 0 fully saturated rings. The summed E-state index contributed by atoms with van der Waals surface area (Å²) in [5, 5.41) is 0. The van der Waals surface area contributed by atoms with E-state index in [0.717, 1.165) is 12.8 Å². The van der Waals surface area contributed by atoms with Crippen molar-refractivity contribution in [2.24, 2.45) is 5.92 Å². The topological polar surface area (TPSA) is 0 Å². The molecule has 16 heavy (non-hydrogen) atoms. The minimum atomic E-state index is -0.343. The molecule has 0 saturated carbocycles. The standard InChI is InChI=1S/C13H17BrF2/c1-4-8(2)5-11(14)10-7-12(15)9(3)6-13(10)16/h6-8,11H,4-5H2,1-3H3. The van der Waals surface area contributed by atoms with E-state index in [-0.39, 0.29) is 16.5 Å². The van der Waals surface area contributed by atoms with Crippen LogP contribution >= 0.6 is 15.9 Å². The van der Waals surface area contributed by atoms with Gasteiger partial charge in [0.05, 0.1) is 0 Å². The van der Waals surface area contributed by atoms with E-state index in [0.29, 0.717) is 17.0 Å². The number of hydrogen-bond donors (Lipinski definition) is 0. The molecule has 0 bridgehead atoms. The minimum Gasteiger partial charge on any atom is -0.207 e. The highest BCUT2D eigenvalue weighted by molar-refractivity contribution is 9.09. The van der Waals surface area contributed by atoms with Crippen molar-refractivity contribution in [2.45, 2.75) is 38.4 Å². The van der Waals surface area contributed by atoms with Gasteiger partial charge in [-0.15, -0.1) is 0 Å². The summed E-state index contributed by atoms with van der Waals surface area (Å²) < 4.78 is 27.0. The van der Waals surface area contributed by atoms with Crippen molar-refractivity contribution in [3.8, 4) is 0 Å². The van der Waals surface area contributed by atoms with Gasteiger partial charge in [0.25, 0.3) is 0 Å². The lowest BCUT2D eigenvalue weighted by atomic mass is 9.98. The van der Waals surface area contributed by atoms with Gasteiger partial charge >= 0.3 is 0 Å². The van der Waals surface area contributed by atoms with Crippen molar-refractivity contribution in [1.29, 1.82) is 0 Å². The second-order valence-corrected chi connectivity index (χ2v) is 5.44. The van der Waals surface area contributed by atoms with Crippen LogP contribution in [0.15, 0.2) is 12.1 Å². The third-order valence-corrected chi connectivity index (χ3v) is 3.79. The van der Waals surface area contributed by atoms with Gasteiger partial charge in [-0.1, -0.05) is 36.2 Å². The first-order chi connectivity index (χ1) is 7.45. The molecule has 0 spiro atoms. The average Bonchev–Trinajstić information content (AvgIpc) is 2.23. The lowest BCUT2D eigenvalue weighted by molar-refractivity contribution is 0.500. The van der Waals surface area contributed by atoms with Crippen LogP contribution in [-0.2, 0) is 0 Å². The highest BCUT2D eigenvalue weighted by atomic mass is 79.9. The van der Waals surface area contributed by atoms with Crippen molar-refractivity contribution < 1.29 is 8.78 Å². The number of halogens is 3. The molecule has 0 heterocycles. The van der Waals surface area contributed by atoms with Crippen LogP contribution in [0, 0.1) is 24.5 Å². The van der Waals surface area contributed by atoms with Crippen LogP contribution in [0.1, 0.15) is 42.6 Å². The Labute approximate surface area is 104 Å². The van der Waals surface area contributed by atoms with Crippen LogP contribution in [0.25, 0.3) is 0 Å². The zero-order valence-corrected chi connectivity index (χ0v) is 11.4. The van der Waals surface area contributed by atoms with Gasteiger partial charge in [-0.2, -0.15) is 0 Å². The molecule has 2 unspecified atom stereocenters. The first kappa shape index (κ1) is 13.6. The summed E-state index contributed by atoms with van der Waals surface area (Å²) in [5.74, 6) is -0.179. The molecular formula is C13H17BrF2. The van der Waals surface area contributed by atoms with Crippen LogP contribution in [-0.4, -0.2) is 0 Å². The molecule has 2 atom stereocenters. The van der Waals surface area contributed by atoms with Crippen molar-refractivity contribution in [3.05, 3.63) is 34.9 Å². The van der Waals surface area contributed by atoms with E-state index in [1.165, 1.54) is 12.1 Å². The molecule has 0 saturated heterocycles. The molecule has 0 N–H and O–H groups in total. The molecule has 0 aromatic heterocycles. The first-order valence-corrected chi connectivity index (χ1v) is 6.46. The van der Waals surface area contributed by atoms with Crippen LogP contribution in [0.4, 0.5) is 8.78 Å². The molecule has 1 aromatic rings. The summed E-state index contributed by atoms with van der Waals surface area (Å²) in [6.07, 6.45) is 1.86. The highest BCUT2D eigenvalue weighted by Crippen LogP contribution is 2.33. The van der Waals surface area contributed by atoms with E-state index in [9.17, 15) is 8.78 Å². The van der Waals surface area contributed by atoms with Gasteiger partial charge in [-0.25, -0.2) is 8.78 Å². The SMILES string of the molecule is CCC(C)CC(Br)c1cc(F)c(C)cc1F. The Kier molecular flexibility index (Phi) is 4.90. The van der Waals surface area contributed by atoms with Gasteiger partial charge in [0.1, 0.15) is 11.6 Å². The lowest BCUT2D eigenvalue weighted by Crippen LogP contribution is -2.02. The summed E-state index contributed by atoms with van der Waals surface area (Å²) in [6.45, 7) is 5.77. The maximum Gasteiger partial charge on any atom is 0.128 e. The number of benzene rings is 1. The zero-order valence-electron chi connectivity index (χ0n) is 9.86. The maximum atomic E-state index is 13.6. The van der Waals surface area contributed by atoms with Crippen molar-refractivity contribution >= 4 is 15.9 Å². The van der Waals surface area contributed by atoms with Crippen LogP contribution < -0.4 is 0 Å². The quantitative estimate of drug-likeness (QED) is 0.673. The number of alkyl halides is 1. The van der Waals surface area contributed by atoms with Gasteiger partial charge in [-0.05, 0) is 37.0 Å². The summed E-state index contributed by atoms with van der Waals surface area (Å²) >= 11 is 3.43. The molecule has 3 heteroatoms. The predicted octanol–water partition coefficient (Wildman–Crippen LogP) is 5.15. The minimum absolute atomic E-state index is 0.113. The monoisotopic (exact) mass is 290 g/mol. The fourth-order valence-electron chi connectivity index (χ4n) is 1.55. The molecule has 1 aromatic carbocycles. The maximum absolute atomic E-state index is 13.6. The summed E-state index contributed by atoms with van der Waals surface area (Å²) in [5.41, 5.74) is 0.771. The van der Waals surface area contributed by atoms with E-state index < -0.39 is 0 Å². The molecule has 1 rings (SSSR count). The summed E-state index contributed by atoms with van der Waals surface area (Å²) in [7, 11) is 0. The number of hydrogen-bond acceptors (Lipinski definition) is 0. The third-order valence-electron chi connectivity index (χ3n) is 2.92. The fourth-order valence-corrected chi connectivity index (χ4v) is 2.54. The van der Waals surface area contributed by atoms with E-state index in [1.807, 2.05) is 0 Å². The normalized spacial score (nSPS) is 14.9. The second kappa shape index (κ2) is 5.76. The van der Waals surface area contributed by atoms with Gasteiger partial charge in [0, 0.05) is 10.4 Å². The van der Waals surface area contributed by atoms with Crippen LogP contribution in [0.2, 0.25) is 0 Å². The van der Waals surface area contributed by atoms with Gasteiger partial charge in [-0.3, -0.25) is 0 Å².